The van der Waals surface area contributed by atoms with Crippen LogP contribution in [-0.2, 0) is 9.84 Å². The van der Waals surface area contributed by atoms with Crippen molar-refractivity contribution in [1.29, 1.82) is 0 Å². The molecule has 1 heterocycles. The summed E-state index contributed by atoms with van der Waals surface area (Å²) in [4.78, 5) is 4.47. The summed E-state index contributed by atoms with van der Waals surface area (Å²) in [7, 11) is -2.90. The lowest BCUT2D eigenvalue weighted by Crippen LogP contribution is -2.45. The Morgan fingerprint density at radius 2 is 2.05 bits per heavy atom. The Morgan fingerprint density at radius 3 is 2.62 bits per heavy atom. The van der Waals surface area contributed by atoms with Gasteiger partial charge in [0.2, 0.25) is 0 Å². The van der Waals surface area contributed by atoms with Gasteiger partial charge in [0.05, 0.1) is 23.7 Å². The smallest absolute Gasteiger partial charge is 0.191 e. The van der Waals surface area contributed by atoms with Gasteiger partial charge < -0.3 is 15.7 Å². The highest BCUT2D eigenvalue weighted by Gasteiger charge is 2.30. The summed E-state index contributed by atoms with van der Waals surface area (Å²) in [5.41, 5.74) is -0.692. The van der Waals surface area contributed by atoms with Crippen molar-refractivity contribution >= 4 is 15.8 Å². The second-order valence-corrected chi connectivity index (χ2v) is 8.45. The molecule has 1 saturated heterocycles. The zero-order valence-electron chi connectivity index (χ0n) is 12.8. The normalized spacial score (nSPS) is 28.3. The minimum absolute atomic E-state index is 0.0752. The molecule has 0 radical (unpaired) electrons. The van der Waals surface area contributed by atoms with Crippen molar-refractivity contribution in [3.05, 3.63) is 0 Å². The van der Waals surface area contributed by atoms with Gasteiger partial charge in [0, 0.05) is 12.6 Å². The van der Waals surface area contributed by atoms with Crippen LogP contribution in [0.5, 0.6) is 0 Å². The molecule has 3 N–H and O–H groups in total. The fourth-order valence-electron chi connectivity index (χ4n) is 3.02. The fraction of sp³-hybridized carbons (Fsp3) is 0.929. The van der Waals surface area contributed by atoms with Gasteiger partial charge in [-0.15, -0.1) is 0 Å². The number of guanidine groups is 1. The molecule has 2 rings (SSSR count). The SMILES string of the molecule is CCNC(=NCC1(O)CCCCC1)NC1CCS(=O)(=O)C1. The number of aliphatic hydroxyl groups is 1. The number of aliphatic imine (C=N–C) groups is 1. The highest BCUT2D eigenvalue weighted by Crippen LogP contribution is 2.28. The summed E-state index contributed by atoms with van der Waals surface area (Å²) < 4.78 is 23.0. The van der Waals surface area contributed by atoms with E-state index in [9.17, 15) is 13.5 Å². The molecule has 0 bridgehead atoms. The van der Waals surface area contributed by atoms with E-state index in [0.29, 0.717) is 25.5 Å². The molecule has 122 valence electrons. The van der Waals surface area contributed by atoms with E-state index < -0.39 is 15.4 Å². The van der Waals surface area contributed by atoms with E-state index in [0.717, 1.165) is 25.7 Å². The van der Waals surface area contributed by atoms with Crippen LogP contribution in [0.15, 0.2) is 4.99 Å². The lowest BCUT2D eigenvalue weighted by atomic mass is 9.85. The van der Waals surface area contributed by atoms with E-state index in [1.54, 1.807) is 0 Å². The first-order valence-electron chi connectivity index (χ1n) is 7.90. The Kier molecular flexibility index (Phi) is 5.48. The summed E-state index contributed by atoms with van der Waals surface area (Å²) in [5, 5.41) is 16.8. The van der Waals surface area contributed by atoms with Crippen LogP contribution in [0.1, 0.15) is 45.4 Å². The second kappa shape index (κ2) is 6.96. The van der Waals surface area contributed by atoms with Gasteiger partial charge in [-0.2, -0.15) is 0 Å². The molecule has 0 aromatic carbocycles. The van der Waals surface area contributed by atoms with Crippen molar-refractivity contribution in [2.45, 2.75) is 57.1 Å². The summed E-state index contributed by atoms with van der Waals surface area (Å²) in [6.07, 6.45) is 5.51. The molecule has 2 aliphatic rings. The highest BCUT2D eigenvalue weighted by molar-refractivity contribution is 7.91. The van der Waals surface area contributed by atoms with Gasteiger partial charge in [-0.3, -0.25) is 4.99 Å². The fourth-order valence-corrected chi connectivity index (χ4v) is 4.69. The van der Waals surface area contributed by atoms with Crippen molar-refractivity contribution in [3.63, 3.8) is 0 Å². The van der Waals surface area contributed by atoms with Crippen LogP contribution < -0.4 is 10.6 Å². The van der Waals surface area contributed by atoms with Crippen LogP contribution in [0.2, 0.25) is 0 Å². The first-order chi connectivity index (χ1) is 9.92. The van der Waals surface area contributed by atoms with Crippen molar-refractivity contribution in [2.75, 3.05) is 24.6 Å². The number of nitrogens with one attached hydrogen (secondary N) is 2. The van der Waals surface area contributed by atoms with Crippen LogP contribution in [0.4, 0.5) is 0 Å². The second-order valence-electron chi connectivity index (χ2n) is 6.22. The minimum atomic E-state index is -2.90. The van der Waals surface area contributed by atoms with Gasteiger partial charge >= 0.3 is 0 Å². The summed E-state index contributed by atoms with van der Waals surface area (Å²) >= 11 is 0. The van der Waals surface area contributed by atoms with E-state index in [1.165, 1.54) is 6.42 Å². The molecule has 21 heavy (non-hydrogen) atoms. The number of hydrogen-bond donors (Lipinski definition) is 3. The van der Waals surface area contributed by atoms with Crippen LogP contribution in [0, 0.1) is 0 Å². The molecule has 6 nitrogen and oxygen atoms in total. The monoisotopic (exact) mass is 317 g/mol. The molecular formula is C14H27N3O3S. The minimum Gasteiger partial charge on any atom is -0.388 e. The average molecular weight is 317 g/mol. The van der Waals surface area contributed by atoms with Crippen LogP contribution in [0.25, 0.3) is 0 Å². The molecule has 1 atom stereocenters. The Hall–Kier alpha value is -0.820. The van der Waals surface area contributed by atoms with E-state index in [4.69, 9.17) is 0 Å². The van der Waals surface area contributed by atoms with Gasteiger partial charge in [-0.1, -0.05) is 19.3 Å². The van der Waals surface area contributed by atoms with Gasteiger partial charge in [-0.05, 0) is 26.2 Å². The number of hydrogen-bond acceptors (Lipinski definition) is 4. The van der Waals surface area contributed by atoms with Gasteiger partial charge in [0.1, 0.15) is 0 Å². The number of rotatable bonds is 4. The standard InChI is InChI=1S/C14H27N3O3S/c1-2-15-13(17-12-6-9-21(19,20)10-12)16-11-14(18)7-4-3-5-8-14/h12,18H,2-11H2,1H3,(H2,15,16,17). The zero-order valence-corrected chi connectivity index (χ0v) is 13.6. The summed E-state index contributed by atoms with van der Waals surface area (Å²) in [6.45, 7) is 3.06. The summed E-state index contributed by atoms with van der Waals surface area (Å²) in [6, 6.07) is -0.0752. The molecule has 1 saturated carbocycles. The van der Waals surface area contributed by atoms with Gasteiger partial charge in [0.15, 0.2) is 15.8 Å². The summed E-state index contributed by atoms with van der Waals surface area (Å²) in [5.74, 6) is 1.02. The molecule has 0 spiro atoms. The third-order valence-electron chi connectivity index (χ3n) is 4.23. The molecule has 0 aromatic rings. The first-order valence-corrected chi connectivity index (χ1v) is 9.72. The predicted octanol–water partition coefficient (Wildman–Crippen LogP) is 0.424. The maximum absolute atomic E-state index is 11.5. The third kappa shape index (κ3) is 5.14. The quantitative estimate of drug-likeness (QED) is 0.516. The Balaban J connectivity index is 1.93. The molecule has 1 aliphatic heterocycles. The molecule has 2 fully saturated rings. The van der Waals surface area contributed by atoms with Crippen molar-refractivity contribution < 1.29 is 13.5 Å². The Morgan fingerprint density at radius 1 is 1.33 bits per heavy atom. The lowest BCUT2D eigenvalue weighted by molar-refractivity contribution is 0.0131. The van der Waals surface area contributed by atoms with Crippen molar-refractivity contribution in [1.82, 2.24) is 10.6 Å². The van der Waals surface area contributed by atoms with E-state index >= 15 is 0 Å². The average Bonchev–Trinajstić information content (AvgIpc) is 2.77. The van der Waals surface area contributed by atoms with Gasteiger partial charge in [-0.25, -0.2) is 8.42 Å². The molecular weight excluding hydrogens is 290 g/mol. The molecule has 1 unspecified atom stereocenters. The van der Waals surface area contributed by atoms with Crippen molar-refractivity contribution in [3.8, 4) is 0 Å². The molecule has 7 heteroatoms. The highest BCUT2D eigenvalue weighted by atomic mass is 32.2. The van der Waals surface area contributed by atoms with Crippen LogP contribution >= 0.6 is 0 Å². The third-order valence-corrected chi connectivity index (χ3v) is 6.00. The molecule has 0 amide bonds. The van der Waals surface area contributed by atoms with E-state index in [-0.39, 0.29) is 17.5 Å². The maximum atomic E-state index is 11.5. The maximum Gasteiger partial charge on any atom is 0.191 e. The number of sulfone groups is 1. The topological polar surface area (TPSA) is 90.8 Å². The van der Waals surface area contributed by atoms with Crippen molar-refractivity contribution in [2.24, 2.45) is 4.99 Å². The number of nitrogens with zero attached hydrogens (tertiary/aromatic N) is 1. The molecule has 1 aliphatic carbocycles. The van der Waals surface area contributed by atoms with E-state index in [1.807, 2.05) is 6.92 Å². The Labute approximate surface area is 127 Å². The van der Waals surface area contributed by atoms with Crippen LogP contribution in [-0.4, -0.2) is 55.7 Å². The zero-order chi connectivity index (χ0) is 15.3. The lowest BCUT2D eigenvalue weighted by Gasteiger charge is -2.30. The first kappa shape index (κ1) is 16.5. The largest absolute Gasteiger partial charge is 0.388 e. The Bertz CT molecular complexity index is 470. The van der Waals surface area contributed by atoms with Crippen LogP contribution in [0.3, 0.4) is 0 Å². The van der Waals surface area contributed by atoms with E-state index in [2.05, 4.69) is 15.6 Å². The molecule has 0 aromatic heterocycles. The van der Waals surface area contributed by atoms with Gasteiger partial charge in [0.25, 0.3) is 0 Å². The predicted molar refractivity (Wildman–Crippen MR) is 84.2 cm³/mol.